The molecule has 2 aromatic rings. The molecular weight excluding hydrogens is 392 g/mol. The lowest BCUT2D eigenvalue weighted by molar-refractivity contribution is -0.122. The molecule has 2 heterocycles. The lowest BCUT2D eigenvalue weighted by Gasteiger charge is -2.23. The van der Waals surface area contributed by atoms with Gasteiger partial charge in [-0.2, -0.15) is 0 Å². The normalized spacial score (nSPS) is 20.8. The van der Waals surface area contributed by atoms with Crippen molar-refractivity contribution in [2.75, 3.05) is 6.54 Å². The topological polar surface area (TPSA) is 107 Å². The minimum atomic E-state index is -0.569. The van der Waals surface area contributed by atoms with Crippen LogP contribution < -0.4 is 15.8 Å². The molecule has 4 rings (SSSR count). The van der Waals surface area contributed by atoms with Crippen molar-refractivity contribution in [3.8, 4) is 5.75 Å². The molecule has 7 heteroatoms. The number of aryl methyl sites for hydroxylation is 2. The second-order valence-electron chi connectivity index (χ2n) is 8.30. The first-order chi connectivity index (χ1) is 15.0. The van der Waals surface area contributed by atoms with Crippen molar-refractivity contribution in [2.24, 2.45) is 11.7 Å². The van der Waals surface area contributed by atoms with Crippen molar-refractivity contribution in [1.29, 1.82) is 0 Å². The highest BCUT2D eigenvalue weighted by molar-refractivity contribution is 5.91. The molecule has 7 nitrogen and oxygen atoms in total. The number of allylic oxidation sites excluding steroid dienone is 1. The van der Waals surface area contributed by atoms with Crippen molar-refractivity contribution >= 4 is 17.4 Å². The van der Waals surface area contributed by atoms with E-state index in [0.717, 1.165) is 49.2 Å². The minimum Gasteiger partial charge on any atom is -0.490 e. The third kappa shape index (κ3) is 5.29. The number of nitrogens with zero attached hydrogens (tertiary/aromatic N) is 2. The highest BCUT2D eigenvalue weighted by Gasteiger charge is 2.24. The second kappa shape index (κ2) is 9.29. The number of carbonyl (C=O) groups is 2. The summed E-state index contributed by atoms with van der Waals surface area (Å²) in [4.78, 5) is 32.7. The largest absolute Gasteiger partial charge is 0.490 e. The fourth-order valence-corrected chi connectivity index (χ4v) is 4.07. The van der Waals surface area contributed by atoms with Crippen molar-refractivity contribution in [1.82, 2.24) is 15.3 Å². The molecule has 1 aromatic carbocycles. The van der Waals surface area contributed by atoms with E-state index in [4.69, 9.17) is 10.5 Å². The molecule has 0 saturated carbocycles. The van der Waals surface area contributed by atoms with Crippen molar-refractivity contribution in [2.45, 2.75) is 51.6 Å². The van der Waals surface area contributed by atoms with Crippen molar-refractivity contribution in [3.05, 3.63) is 59.2 Å². The number of benzene rings is 1. The van der Waals surface area contributed by atoms with Crippen LogP contribution in [0.3, 0.4) is 0 Å². The Labute approximate surface area is 182 Å². The van der Waals surface area contributed by atoms with Gasteiger partial charge < -0.3 is 15.8 Å². The fourth-order valence-electron chi connectivity index (χ4n) is 4.07. The van der Waals surface area contributed by atoms with Crippen LogP contribution in [0.4, 0.5) is 0 Å². The van der Waals surface area contributed by atoms with Gasteiger partial charge >= 0.3 is 0 Å². The number of carbonyl (C=O) groups excluding carboxylic acids is 2. The highest BCUT2D eigenvalue weighted by atomic mass is 16.5. The molecule has 0 spiro atoms. The van der Waals surface area contributed by atoms with E-state index in [1.807, 2.05) is 24.3 Å². The van der Waals surface area contributed by atoms with Crippen LogP contribution in [-0.4, -0.2) is 34.4 Å². The lowest BCUT2D eigenvalue weighted by Crippen LogP contribution is -2.21. The molecule has 3 N–H and O–H groups in total. The quantitative estimate of drug-likeness (QED) is 0.716. The van der Waals surface area contributed by atoms with Gasteiger partial charge in [0.15, 0.2) is 5.82 Å². The molecule has 31 heavy (non-hydrogen) atoms. The van der Waals surface area contributed by atoms with E-state index in [0.29, 0.717) is 18.7 Å². The molecule has 1 aromatic heterocycles. The first-order valence-electron chi connectivity index (χ1n) is 10.9. The maximum absolute atomic E-state index is 11.8. The van der Waals surface area contributed by atoms with E-state index in [2.05, 4.69) is 28.3 Å². The summed E-state index contributed by atoms with van der Waals surface area (Å²) in [5.74, 6) is 0.956. The van der Waals surface area contributed by atoms with Gasteiger partial charge in [-0.3, -0.25) is 9.59 Å². The molecule has 2 atom stereocenters. The van der Waals surface area contributed by atoms with Crippen LogP contribution in [0, 0.1) is 12.8 Å². The minimum absolute atomic E-state index is 0.00372. The standard InChI is InChI=1S/C24H28N4O3/c1-15-2-8-19(9-3-15)31-20-10-5-16(6-11-20)23-27-18(14-21(28-23)22(25)29)7-4-17-12-13-26-24(17)30/h2-3,5,8-9,14,17,20H,4,6-7,10-13H2,1H3,(H2,25,29)(H,26,30). The predicted octanol–water partition coefficient (Wildman–Crippen LogP) is 2.97. The molecule has 1 saturated heterocycles. The van der Waals surface area contributed by atoms with Crippen LogP contribution in [-0.2, 0) is 11.2 Å². The first-order valence-corrected chi connectivity index (χ1v) is 10.9. The molecule has 0 radical (unpaired) electrons. The Bertz CT molecular complexity index is 1000. The predicted molar refractivity (Wildman–Crippen MR) is 117 cm³/mol. The molecule has 2 unspecified atom stereocenters. The zero-order valence-corrected chi connectivity index (χ0v) is 17.8. The van der Waals surface area contributed by atoms with E-state index in [1.54, 1.807) is 6.07 Å². The van der Waals surface area contributed by atoms with Gasteiger partial charge in [0, 0.05) is 24.6 Å². The Balaban J connectivity index is 1.45. The summed E-state index contributed by atoms with van der Waals surface area (Å²) in [6.45, 7) is 2.78. The summed E-state index contributed by atoms with van der Waals surface area (Å²) >= 11 is 0. The summed E-state index contributed by atoms with van der Waals surface area (Å²) in [7, 11) is 0. The van der Waals surface area contributed by atoms with Crippen LogP contribution in [0.25, 0.3) is 5.57 Å². The maximum Gasteiger partial charge on any atom is 0.267 e. The van der Waals surface area contributed by atoms with Gasteiger partial charge in [0.2, 0.25) is 5.91 Å². The smallest absolute Gasteiger partial charge is 0.267 e. The maximum atomic E-state index is 11.8. The monoisotopic (exact) mass is 420 g/mol. The van der Waals surface area contributed by atoms with Crippen molar-refractivity contribution in [3.63, 3.8) is 0 Å². The fraction of sp³-hybridized carbons (Fsp3) is 0.417. The van der Waals surface area contributed by atoms with Gasteiger partial charge in [0.25, 0.3) is 5.91 Å². The SMILES string of the molecule is Cc1ccc(OC2CC=C(c3nc(CCC4CCNC4=O)cc(C(N)=O)n3)CC2)cc1. The number of amides is 2. The molecule has 2 amide bonds. The summed E-state index contributed by atoms with van der Waals surface area (Å²) < 4.78 is 6.09. The van der Waals surface area contributed by atoms with Crippen molar-refractivity contribution < 1.29 is 14.3 Å². The van der Waals surface area contributed by atoms with Crippen LogP contribution in [0.1, 0.15) is 59.7 Å². The summed E-state index contributed by atoms with van der Waals surface area (Å²) in [5, 5.41) is 2.86. The first kappa shape index (κ1) is 21.0. The van der Waals surface area contributed by atoms with Crippen LogP contribution >= 0.6 is 0 Å². The third-order valence-corrected chi connectivity index (χ3v) is 5.92. The Kier molecular flexibility index (Phi) is 6.30. The Hall–Kier alpha value is -3.22. The number of hydrogen-bond acceptors (Lipinski definition) is 5. The number of aromatic nitrogens is 2. The van der Waals surface area contributed by atoms with E-state index < -0.39 is 5.91 Å². The number of hydrogen-bond donors (Lipinski definition) is 2. The Morgan fingerprint density at radius 1 is 1.23 bits per heavy atom. The van der Waals surface area contributed by atoms with E-state index in [-0.39, 0.29) is 23.6 Å². The zero-order valence-electron chi connectivity index (χ0n) is 17.8. The zero-order chi connectivity index (χ0) is 21.8. The molecule has 1 fully saturated rings. The molecule has 1 aliphatic carbocycles. The Morgan fingerprint density at radius 3 is 2.68 bits per heavy atom. The van der Waals surface area contributed by atoms with E-state index in [9.17, 15) is 9.59 Å². The lowest BCUT2D eigenvalue weighted by atomic mass is 9.96. The average Bonchev–Trinajstić information content (AvgIpc) is 3.19. The highest BCUT2D eigenvalue weighted by Crippen LogP contribution is 2.28. The van der Waals surface area contributed by atoms with Gasteiger partial charge in [-0.15, -0.1) is 0 Å². The van der Waals surface area contributed by atoms with Gasteiger partial charge in [-0.25, -0.2) is 9.97 Å². The molecule has 162 valence electrons. The number of ether oxygens (including phenoxy) is 1. The molecular formula is C24H28N4O3. The molecule has 2 aliphatic rings. The number of rotatable bonds is 7. The third-order valence-electron chi connectivity index (χ3n) is 5.92. The van der Waals surface area contributed by atoms with Crippen LogP contribution in [0.5, 0.6) is 5.75 Å². The Morgan fingerprint density at radius 2 is 2.03 bits per heavy atom. The molecule has 1 aliphatic heterocycles. The summed E-state index contributed by atoms with van der Waals surface area (Å²) in [6, 6.07) is 9.71. The number of nitrogens with two attached hydrogens (primary N) is 1. The van der Waals surface area contributed by atoms with Crippen LogP contribution in [0.15, 0.2) is 36.4 Å². The van der Waals surface area contributed by atoms with Gasteiger partial charge in [0.1, 0.15) is 17.5 Å². The summed E-state index contributed by atoms with van der Waals surface area (Å²) in [5.41, 5.74) is 8.68. The van der Waals surface area contributed by atoms with E-state index in [1.165, 1.54) is 5.56 Å². The van der Waals surface area contributed by atoms with Gasteiger partial charge in [0.05, 0.1) is 0 Å². The van der Waals surface area contributed by atoms with Gasteiger partial charge in [-0.1, -0.05) is 23.8 Å². The molecule has 0 bridgehead atoms. The van der Waals surface area contributed by atoms with E-state index >= 15 is 0 Å². The average molecular weight is 421 g/mol. The summed E-state index contributed by atoms with van der Waals surface area (Å²) in [6.07, 6.45) is 6.72. The number of nitrogens with one attached hydrogen (secondary N) is 1. The number of primary amides is 1. The second-order valence-corrected chi connectivity index (χ2v) is 8.30. The van der Waals surface area contributed by atoms with Crippen LogP contribution in [0.2, 0.25) is 0 Å². The van der Waals surface area contributed by atoms with Gasteiger partial charge in [-0.05, 0) is 62.8 Å².